The highest BCUT2D eigenvalue weighted by Crippen LogP contribution is 2.01. The van der Waals surface area contributed by atoms with E-state index in [9.17, 15) is 4.79 Å². The van der Waals surface area contributed by atoms with E-state index in [2.05, 4.69) is 5.32 Å². The van der Waals surface area contributed by atoms with E-state index in [1.165, 1.54) is 0 Å². The minimum absolute atomic E-state index is 0.0612. The standard InChI is InChI=1S/C13H19NO3/c1-2-6-12(9-15)14-13(16)17-10-11-7-4-3-5-8-11/h3-5,7-8,12,15H,2,6,9-10H2,1H3,(H,14,16)/t12-/m1/s1. The van der Waals surface area contributed by atoms with Gasteiger partial charge in [0.15, 0.2) is 0 Å². The van der Waals surface area contributed by atoms with Gasteiger partial charge < -0.3 is 15.2 Å². The van der Waals surface area contributed by atoms with Crippen LogP contribution in [0.5, 0.6) is 0 Å². The SMILES string of the molecule is CCC[C@H](CO)NC(=O)OCc1ccccc1. The van der Waals surface area contributed by atoms with E-state index < -0.39 is 6.09 Å². The van der Waals surface area contributed by atoms with Gasteiger partial charge >= 0.3 is 6.09 Å². The summed E-state index contributed by atoms with van der Waals surface area (Å²) in [5.74, 6) is 0. The second-order valence-electron chi connectivity index (χ2n) is 3.87. The molecule has 0 fully saturated rings. The van der Waals surface area contributed by atoms with Crippen molar-refractivity contribution in [3.05, 3.63) is 35.9 Å². The zero-order valence-corrected chi connectivity index (χ0v) is 10.1. The first-order chi connectivity index (χ1) is 8.26. The summed E-state index contributed by atoms with van der Waals surface area (Å²) < 4.78 is 5.05. The van der Waals surface area contributed by atoms with Crippen LogP contribution in [0.15, 0.2) is 30.3 Å². The fourth-order valence-electron chi connectivity index (χ4n) is 1.49. The monoisotopic (exact) mass is 237 g/mol. The summed E-state index contributed by atoms with van der Waals surface area (Å²) in [5, 5.41) is 11.6. The van der Waals surface area contributed by atoms with Crippen LogP contribution in [0.1, 0.15) is 25.3 Å². The lowest BCUT2D eigenvalue weighted by Gasteiger charge is -2.15. The smallest absolute Gasteiger partial charge is 0.407 e. The molecule has 1 rings (SSSR count). The third-order valence-corrected chi connectivity index (χ3v) is 2.39. The van der Waals surface area contributed by atoms with Crippen molar-refractivity contribution >= 4 is 6.09 Å². The first-order valence-corrected chi connectivity index (χ1v) is 5.84. The lowest BCUT2D eigenvalue weighted by atomic mass is 10.2. The molecule has 1 aromatic carbocycles. The number of ether oxygens (including phenoxy) is 1. The number of benzene rings is 1. The Morgan fingerprint density at radius 2 is 2.12 bits per heavy atom. The number of aliphatic hydroxyl groups excluding tert-OH is 1. The molecule has 4 heteroatoms. The first kappa shape index (κ1) is 13.5. The van der Waals surface area contributed by atoms with E-state index in [-0.39, 0.29) is 19.3 Å². The Bertz CT molecular complexity index is 327. The van der Waals surface area contributed by atoms with Crippen molar-refractivity contribution < 1.29 is 14.6 Å². The second kappa shape index (κ2) is 7.68. The summed E-state index contributed by atoms with van der Waals surface area (Å²) in [4.78, 5) is 11.4. The Labute approximate surface area is 102 Å². The molecule has 0 radical (unpaired) electrons. The van der Waals surface area contributed by atoms with Crippen molar-refractivity contribution in [3.8, 4) is 0 Å². The summed E-state index contributed by atoms with van der Waals surface area (Å²) in [6.45, 7) is 2.19. The Balaban J connectivity index is 2.30. The predicted molar refractivity (Wildman–Crippen MR) is 65.5 cm³/mol. The van der Waals surface area contributed by atoms with Gasteiger partial charge in [-0.05, 0) is 12.0 Å². The maximum Gasteiger partial charge on any atom is 0.407 e. The molecule has 17 heavy (non-hydrogen) atoms. The molecule has 0 spiro atoms. The van der Waals surface area contributed by atoms with Gasteiger partial charge in [-0.1, -0.05) is 43.7 Å². The average Bonchev–Trinajstić information content (AvgIpc) is 2.37. The van der Waals surface area contributed by atoms with Gasteiger partial charge in [-0.2, -0.15) is 0 Å². The fourth-order valence-corrected chi connectivity index (χ4v) is 1.49. The molecule has 0 saturated heterocycles. The molecule has 0 aliphatic rings. The Morgan fingerprint density at radius 3 is 2.71 bits per heavy atom. The predicted octanol–water partition coefficient (Wildman–Crippen LogP) is 2.07. The Hall–Kier alpha value is -1.55. The van der Waals surface area contributed by atoms with Gasteiger partial charge in [-0.15, -0.1) is 0 Å². The lowest BCUT2D eigenvalue weighted by molar-refractivity contribution is 0.128. The molecule has 4 nitrogen and oxygen atoms in total. The fraction of sp³-hybridized carbons (Fsp3) is 0.462. The minimum Gasteiger partial charge on any atom is -0.445 e. The third-order valence-electron chi connectivity index (χ3n) is 2.39. The molecular formula is C13H19NO3. The summed E-state index contributed by atoms with van der Waals surface area (Å²) in [6, 6.07) is 9.26. The number of amides is 1. The van der Waals surface area contributed by atoms with E-state index in [1.54, 1.807) is 0 Å². The summed E-state index contributed by atoms with van der Waals surface area (Å²) >= 11 is 0. The Morgan fingerprint density at radius 1 is 1.41 bits per heavy atom. The highest BCUT2D eigenvalue weighted by molar-refractivity contribution is 5.67. The molecule has 0 aliphatic carbocycles. The Kier molecular flexibility index (Phi) is 6.10. The maximum absolute atomic E-state index is 11.4. The minimum atomic E-state index is -0.485. The molecule has 1 amide bonds. The summed E-state index contributed by atoms with van der Waals surface area (Å²) in [7, 11) is 0. The molecule has 0 aromatic heterocycles. The highest BCUT2D eigenvalue weighted by Gasteiger charge is 2.10. The van der Waals surface area contributed by atoms with Gasteiger partial charge in [0.05, 0.1) is 12.6 Å². The van der Waals surface area contributed by atoms with Crippen molar-refractivity contribution in [2.24, 2.45) is 0 Å². The van der Waals surface area contributed by atoms with Crippen molar-refractivity contribution in [2.75, 3.05) is 6.61 Å². The van der Waals surface area contributed by atoms with Crippen LogP contribution in [0, 0.1) is 0 Å². The molecule has 1 aromatic rings. The molecule has 0 bridgehead atoms. The number of carbonyl (C=O) groups is 1. The summed E-state index contributed by atoms with van der Waals surface area (Å²) in [6.07, 6.45) is 1.17. The van der Waals surface area contributed by atoms with Crippen LogP contribution < -0.4 is 5.32 Å². The molecule has 0 aliphatic heterocycles. The van der Waals surface area contributed by atoms with Crippen LogP contribution in [0.25, 0.3) is 0 Å². The van der Waals surface area contributed by atoms with Gasteiger partial charge in [-0.3, -0.25) is 0 Å². The number of alkyl carbamates (subject to hydrolysis) is 1. The zero-order chi connectivity index (χ0) is 12.5. The van der Waals surface area contributed by atoms with Gasteiger partial charge in [0.25, 0.3) is 0 Å². The van der Waals surface area contributed by atoms with Crippen LogP contribution in [0.3, 0.4) is 0 Å². The lowest BCUT2D eigenvalue weighted by Crippen LogP contribution is -2.37. The number of nitrogens with one attached hydrogen (secondary N) is 1. The zero-order valence-electron chi connectivity index (χ0n) is 10.1. The van der Waals surface area contributed by atoms with Crippen LogP contribution >= 0.6 is 0 Å². The molecule has 0 saturated carbocycles. The van der Waals surface area contributed by atoms with E-state index in [4.69, 9.17) is 9.84 Å². The van der Waals surface area contributed by atoms with Crippen LogP contribution in [-0.2, 0) is 11.3 Å². The molecule has 2 N–H and O–H groups in total. The van der Waals surface area contributed by atoms with Crippen LogP contribution in [0.4, 0.5) is 4.79 Å². The highest BCUT2D eigenvalue weighted by atomic mass is 16.5. The number of rotatable bonds is 6. The molecule has 1 atom stereocenters. The van der Waals surface area contributed by atoms with Crippen molar-refractivity contribution in [2.45, 2.75) is 32.4 Å². The molecule has 94 valence electrons. The van der Waals surface area contributed by atoms with Gasteiger partial charge in [0.1, 0.15) is 6.61 Å². The maximum atomic E-state index is 11.4. The van der Waals surface area contributed by atoms with E-state index >= 15 is 0 Å². The van der Waals surface area contributed by atoms with Crippen molar-refractivity contribution in [3.63, 3.8) is 0 Å². The van der Waals surface area contributed by atoms with E-state index in [0.29, 0.717) is 0 Å². The number of carbonyl (C=O) groups excluding carboxylic acids is 1. The quantitative estimate of drug-likeness (QED) is 0.796. The summed E-state index contributed by atoms with van der Waals surface area (Å²) in [5.41, 5.74) is 0.943. The molecule has 0 unspecified atom stereocenters. The van der Waals surface area contributed by atoms with Crippen LogP contribution in [-0.4, -0.2) is 23.8 Å². The third kappa shape index (κ3) is 5.36. The number of aliphatic hydroxyl groups is 1. The molecular weight excluding hydrogens is 218 g/mol. The van der Waals surface area contributed by atoms with Crippen molar-refractivity contribution in [1.29, 1.82) is 0 Å². The van der Waals surface area contributed by atoms with Gasteiger partial charge in [0.2, 0.25) is 0 Å². The van der Waals surface area contributed by atoms with Gasteiger partial charge in [0, 0.05) is 0 Å². The van der Waals surface area contributed by atoms with Gasteiger partial charge in [-0.25, -0.2) is 4.79 Å². The van der Waals surface area contributed by atoms with Crippen LogP contribution in [0.2, 0.25) is 0 Å². The average molecular weight is 237 g/mol. The number of hydrogen-bond acceptors (Lipinski definition) is 3. The second-order valence-corrected chi connectivity index (χ2v) is 3.87. The first-order valence-electron chi connectivity index (χ1n) is 5.84. The topological polar surface area (TPSA) is 58.6 Å². The largest absolute Gasteiger partial charge is 0.445 e. The molecule has 0 heterocycles. The van der Waals surface area contributed by atoms with Crippen molar-refractivity contribution in [1.82, 2.24) is 5.32 Å². The normalized spacial score (nSPS) is 11.9. The number of hydrogen-bond donors (Lipinski definition) is 2. The van der Waals surface area contributed by atoms with E-state index in [0.717, 1.165) is 18.4 Å². The van der Waals surface area contributed by atoms with E-state index in [1.807, 2.05) is 37.3 Å².